The van der Waals surface area contributed by atoms with Crippen LogP contribution in [0.15, 0.2) is 32.9 Å². The Bertz CT molecular complexity index is 741. The third kappa shape index (κ3) is 3.36. The number of sulfonamides is 1. The van der Waals surface area contributed by atoms with Crippen LogP contribution >= 0.6 is 38.9 Å². The molecule has 3 nitrogen and oxygen atoms in total. The quantitative estimate of drug-likeness (QED) is 0.807. The molecule has 0 unspecified atom stereocenters. The van der Waals surface area contributed by atoms with Crippen molar-refractivity contribution in [3.63, 3.8) is 0 Å². The number of thiophene rings is 1. The summed E-state index contributed by atoms with van der Waals surface area (Å²) < 4.78 is 28.2. The second kappa shape index (κ2) is 6.05. The lowest BCUT2D eigenvalue weighted by molar-refractivity contribution is 0.603. The molecular weight excluding hydrogens is 382 g/mol. The average Bonchev–Trinajstić information content (AvgIpc) is 2.85. The predicted molar refractivity (Wildman–Crippen MR) is 88.4 cm³/mol. The van der Waals surface area contributed by atoms with Gasteiger partial charge in [0.15, 0.2) is 0 Å². The molecule has 7 heteroatoms. The van der Waals surface area contributed by atoms with Crippen molar-refractivity contribution in [3.8, 4) is 0 Å². The molecule has 0 atom stereocenters. The van der Waals surface area contributed by atoms with Gasteiger partial charge in [0.1, 0.15) is 4.21 Å². The van der Waals surface area contributed by atoms with Crippen molar-refractivity contribution >= 4 is 54.6 Å². The molecule has 0 spiro atoms. The van der Waals surface area contributed by atoms with Crippen molar-refractivity contribution in [3.05, 3.63) is 44.2 Å². The predicted octanol–water partition coefficient (Wildman–Crippen LogP) is 4.84. The van der Waals surface area contributed by atoms with Gasteiger partial charge in [-0.05, 0) is 59.1 Å². The highest BCUT2D eigenvalue weighted by atomic mass is 79.9. The lowest BCUT2D eigenvalue weighted by Gasteiger charge is -2.10. The Hall–Kier alpha value is -0.560. The number of hydrogen-bond donors (Lipinski definition) is 1. The molecule has 0 bridgehead atoms. The first-order valence-electron chi connectivity index (χ1n) is 5.90. The van der Waals surface area contributed by atoms with E-state index in [1.807, 2.05) is 19.9 Å². The van der Waals surface area contributed by atoms with Crippen molar-refractivity contribution in [2.45, 2.75) is 24.5 Å². The van der Waals surface area contributed by atoms with E-state index < -0.39 is 10.0 Å². The van der Waals surface area contributed by atoms with Crippen LogP contribution in [-0.2, 0) is 16.4 Å². The highest BCUT2D eigenvalue weighted by molar-refractivity contribution is 9.10. The molecule has 1 heterocycles. The van der Waals surface area contributed by atoms with Crippen LogP contribution in [-0.4, -0.2) is 8.42 Å². The third-order valence-electron chi connectivity index (χ3n) is 2.74. The van der Waals surface area contributed by atoms with Gasteiger partial charge in [-0.1, -0.05) is 18.5 Å². The Morgan fingerprint density at radius 1 is 1.35 bits per heavy atom. The van der Waals surface area contributed by atoms with Crippen molar-refractivity contribution in [2.24, 2.45) is 0 Å². The minimum absolute atomic E-state index is 0.304. The second-order valence-corrected chi connectivity index (χ2v) is 8.60. The third-order valence-corrected chi connectivity index (χ3v) is 6.89. The average molecular weight is 395 g/mol. The Morgan fingerprint density at radius 2 is 2.05 bits per heavy atom. The zero-order chi connectivity index (χ0) is 14.9. The Kier molecular flexibility index (Phi) is 4.79. The fourth-order valence-electron chi connectivity index (χ4n) is 1.61. The number of rotatable bonds is 4. The Balaban J connectivity index is 2.35. The summed E-state index contributed by atoms with van der Waals surface area (Å²) in [4.78, 5) is 1.03. The molecule has 108 valence electrons. The van der Waals surface area contributed by atoms with Gasteiger partial charge in [-0.3, -0.25) is 4.72 Å². The van der Waals surface area contributed by atoms with Crippen molar-refractivity contribution < 1.29 is 8.42 Å². The van der Waals surface area contributed by atoms with E-state index in [0.29, 0.717) is 19.4 Å². The minimum Gasteiger partial charge on any atom is -0.278 e. The number of nitrogens with one attached hydrogen (secondary N) is 1. The second-order valence-electron chi connectivity index (χ2n) is 4.26. The molecule has 0 amide bonds. The van der Waals surface area contributed by atoms with E-state index in [2.05, 4.69) is 20.7 Å². The molecule has 1 aromatic heterocycles. The maximum absolute atomic E-state index is 12.3. The van der Waals surface area contributed by atoms with Crippen LogP contribution in [0.2, 0.25) is 5.02 Å². The van der Waals surface area contributed by atoms with E-state index in [4.69, 9.17) is 11.6 Å². The fourth-order valence-corrected chi connectivity index (χ4v) is 4.83. The molecule has 0 radical (unpaired) electrons. The fraction of sp³-hybridized carbons (Fsp3) is 0.231. The van der Waals surface area contributed by atoms with E-state index in [0.717, 1.165) is 16.9 Å². The summed E-state index contributed by atoms with van der Waals surface area (Å²) in [5.74, 6) is 0. The van der Waals surface area contributed by atoms with Gasteiger partial charge in [0.05, 0.1) is 5.69 Å². The summed E-state index contributed by atoms with van der Waals surface area (Å²) in [6.07, 6.45) is 0.820. The summed E-state index contributed by atoms with van der Waals surface area (Å²) in [5, 5.41) is 0.520. The van der Waals surface area contributed by atoms with Crippen LogP contribution < -0.4 is 4.72 Å². The molecule has 0 fully saturated rings. The van der Waals surface area contributed by atoms with Gasteiger partial charge in [-0.15, -0.1) is 11.3 Å². The minimum atomic E-state index is -3.57. The van der Waals surface area contributed by atoms with E-state index in [1.54, 1.807) is 18.2 Å². The topological polar surface area (TPSA) is 46.2 Å². The molecule has 0 aliphatic heterocycles. The van der Waals surface area contributed by atoms with Crippen molar-refractivity contribution in [2.75, 3.05) is 4.72 Å². The standard InChI is InChI=1S/C13H13BrClNO2S2/c1-3-9-4-5-13(19-9)20(17,18)16-12-7-11(15)8(2)6-10(12)14/h4-7,16H,3H2,1-2H3. The number of aryl methyl sites for hydroxylation is 2. The van der Waals surface area contributed by atoms with Crippen LogP contribution in [0.1, 0.15) is 17.4 Å². The van der Waals surface area contributed by atoms with Gasteiger partial charge in [-0.2, -0.15) is 0 Å². The molecule has 1 aromatic carbocycles. The summed E-state index contributed by atoms with van der Waals surface area (Å²) in [6.45, 7) is 3.85. The summed E-state index contributed by atoms with van der Waals surface area (Å²) in [5.41, 5.74) is 1.32. The number of anilines is 1. The van der Waals surface area contributed by atoms with Gasteiger partial charge >= 0.3 is 0 Å². The lowest BCUT2D eigenvalue weighted by Crippen LogP contribution is -2.12. The van der Waals surface area contributed by atoms with E-state index >= 15 is 0 Å². The van der Waals surface area contributed by atoms with Gasteiger partial charge in [0.25, 0.3) is 10.0 Å². The maximum Gasteiger partial charge on any atom is 0.271 e. The number of halogens is 2. The maximum atomic E-state index is 12.3. The molecule has 1 N–H and O–H groups in total. The first kappa shape index (κ1) is 15.8. The van der Waals surface area contributed by atoms with Gasteiger partial charge < -0.3 is 0 Å². The zero-order valence-corrected chi connectivity index (χ0v) is 14.9. The molecule has 0 aliphatic rings. The number of benzene rings is 1. The summed E-state index contributed by atoms with van der Waals surface area (Å²) >= 11 is 10.7. The van der Waals surface area contributed by atoms with Gasteiger partial charge in [-0.25, -0.2) is 8.42 Å². The van der Waals surface area contributed by atoms with Crippen molar-refractivity contribution in [1.29, 1.82) is 0 Å². The molecule has 0 saturated carbocycles. The van der Waals surface area contributed by atoms with Gasteiger partial charge in [0, 0.05) is 14.4 Å². The smallest absolute Gasteiger partial charge is 0.271 e. The van der Waals surface area contributed by atoms with E-state index in [9.17, 15) is 8.42 Å². The molecule has 2 aromatic rings. The lowest BCUT2D eigenvalue weighted by atomic mass is 10.2. The molecular formula is C13H13BrClNO2S2. The molecule has 0 aliphatic carbocycles. The highest BCUT2D eigenvalue weighted by Crippen LogP contribution is 2.32. The van der Waals surface area contributed by atoms with Crippen LogP contribution in [0.3, 0.4) is 0 Å². The molecule has 20 heavy (non-hydrogen) atoms. The van der Waals surface area contributed by atoms with Crippen LogP contribution in [0.5, 0.6) is 0 Å². The zero-order valence-electron chi connectivity index (χ0n) is 10.9. The van der Waals surface area contributed by atoms with E-state index in [1.165, 1.54) is 11.3 Å². The van der Waals surface area contributed by atoms with E-state index in [-0.39, 0.29) is 0 Å². The van der Waals surface area contributed by atoms with Crippen LogP contribution in [0, 0.1) is 6.92 Å². The Morgan fingerprint density at radius 3 is 2.65 bits per heavy atom. The van der Waals surface area contributed by atoms with Crippen molar-refractivity contribution in [1.82, 2.24) is 0 Å². The summed E-state index contributed by atoms with van der Waals surface area (Å²) in [7, 11) is -3.57. The van der Waals surface area contributed by atoms with Crippen LogP contribution in [0.25, 0.3) is 0 Å². The van der Waals surface area contributed by atoms with Gasteiger partial charge in [0.2, 0.25) is 0 Å². The molecule has 2 rings (SSSR count). The summed E-state index contributed by atoms with van der Waals surface area (Å²) in [6, 6.07) is 6.84. The normalized spacial score (nSPS) is 11.6. The SMILES string of the molecule is CCc1ccc(S(=O)(=O)Nc2cc(Cl)c(C)cc2Br)s1. The monoisotopic (exact) mass is 393 g/mol. The largest absolute Gasteiger partial charge is 0.278 e. The highest BCUT2D eigenvalue weighted by Gasteiger charge is 2.18. The number of hydrogen-bond acceptors (Lipinski definition) is 3. The first-order valence-corrected chi connectivity index (χ1v) is 9.37. The first-order chi connectivity index (χ1) is 9.33. The Labute approximate surface area is 136 Å². The molecule has 0 saturated heterocycles. The van der Waals surface area contributed by atoms with Crippen LogP contribution in [0.4, 0.5) is 5.69 Å².